The highest BCUT2D eigenvalue weighted by molar-refractivity contribution is 7.93. The Labute approximate surface area is 195 Å². The topological polar surface area (TPSA) is 83.5 Å². The Balaban J connectivity index is 2.22. The summed E-state index contributed by atoms with van der Waals surface area (Å²) in [6, 6.07) is 14.3. The fourth-order valence-electron chi connectivity index (χ4n) is 3.27. The number of hydrogen-bond acceptors (Lipinski definition) is 4. The quantitative estimate of drug-likeness (QED) is 0.519. The summed E-state index contributed by atoms with van der Waals surface area (Å²) < 4.78 is 40.2. The third kappa shape index (κ3) is 8.46. The normalized spacial score (nSPS) is 12.8. The number of amides is 2. The smallest absolute Gasteiger partial charge is 0.257 e. The third-order valence-electron chi connectivity index (χ3n) is 4.98. The van der Waals surface area contributed by atoms with Gasteiger partial charge in [0.1, 0.15) is 11.7 Å². The second-order valence-electron chi connectivity index (χ2n) is 8.59. The average Bonchev–Trinajstić information content (AvgIpc) is 2.75. The summed E-state index contributed by atoms with van der Waals surface area (Å²) in [5.41, 5.74) is 1.37. The van der Waals surface area contributed by atoms with Crippen LogP contribution in [0, 0.1) is 17.7 Å². The molecule has 1 unspecified atom stereocenters. The summed E-state index contributed by atoms with van der Waals surface area (Å²) in [6.07, 6.45) is 1.57. The molecule has 1 atom stereocenters. The zero-order chi connectivity index (χ0) is 24.6. The van der Waals surface area contributed by atoms with E-state index in [2.05, 4.69) is 0 Å². The second kappa shape index (κ2) is 11.7. The summed E-state index contributed by atoms with van der Waals surface area (Å²) in [5, 5.41) is 0.913. The van der Waals surface area contributed by atoms with Crippen LogP contribution in [0.4, 0.5) is 4.39 Å². The molecule has 0 bridgehead atoms. The van der Waals surface area contributed by atoms with Gasteiger partial charge in [-0.3, -0.25) is 9.59 Å². The summed E-state index contributed by atoms with van der Waals surface area (Å²) in [4.78, 5) is 27.8. The number of nitrogens with one attached hydrogen (secondary N) is 1. The molecule has 2 rings (SSSR count). The standard InChI is InChI=1S/C25H31FN2O4S/c1-18(2)16-23(24(29)27-33(31,32)15-14-20-8-6-5-7-9-20)25(30)28(19(3)4)17-21-10-12-22(26)13-11-21/h5-15,18-19,23H,16-17H2,1-4H3,(H,27,29). The maximum Gasteiger partial charge on any atom is 0.257 e. The number of carbonyl (C=O) groups excluding carboxylic acids is 2. The highest BCUT2D eigenvalue weighted by Gasteiger charge is 2.34. The summed E-state index contributed by atoms with van der Waals surface area (Å²) in [6.45, 7) is 7.52. The lowest BCUT2D eigenvalue weighted by Crippen LogP contribution is -2.47. The summed E-state index contributed by atoms with van der Waals surface area (Å²) in [7, 11) is -4.10. The minimum Gasteiger partial charge on any atom is -0.335 e. The predicted octanol–water partition coefficient (Wildman–Crippen LogP) is 4.34. The molecule has 0 radical (unpaired) electrons. The molecule has 0 heterocycles. The Morgan fingerprint density at radius 1 is 1.00 bits per heavy atom. The molecular weight excluding hydrogens is 443 g/mol. The van der Waals surface area contributed by atoms with Crippen molar-refractivity contribution in [2.75, 3.05) is 0 Å². The van der Waals surface area contributed by atoms with Gasteiger partial charge in [0.25, 0.3) is 10.0 Å². The second-order valence-corrected chi connectivity index (χ2v) is 10.2. The summed E-state index contributed by atoms with van der Waals surface area (Å²) >= 11 is 0. The van der Waals surface area contributed by atoms with E-state index in [4.69, 9.17) is 0 Å². The van der Waals surface area contributed by atoms with E-state index in [0.717, 1.165) is 5.41 Å². The van der Waals surface area contributed by atoms with Crippen molar-refractivity contribution in [1.29, 1.82) is 0 Å². The SMILES string of the molecule is CC(C)CC(C(=O)NS(=O)(=O)C=Cc1ccccc1)C(=O)N(Cc1ccc(F)cc1)C(C)C. The van der Waals surface area contributed by atoms with Gasteiger partial charge in [0.2, 0.25) is 11.8 Å². The van der Waals surface area contributed by atoms with Crippen LogP contribution in [-0.2, 0) is 26.2 Å². The number of hydrogen-bond donors (Lipinski definition) is 1. The van der Waals surface area contributed by atoms with E-state index in [0.29, 0.717) is 11.1 Å². The van der Waals surface area contributed by atoms with E-state index >= 15 is 0 Å². The number of nitrogens with zero attached hydrogens (tertiary/aromatic N) is 1. The van der Waals surface area contributed by atoms with Crippen LogP contribution in [0.25, 0.3) is 6.08 Å². The monoisotopic (exact) mass is 474 g/mol. The molecule has 33 heavy (non-hydrogen) atoms. The molecule has 0 aliphatic rings. The molecule has 1 N–H and O–H groups in total. The first-order valence-corrected chi connectivity index (χ1v) is 12.4. The predicted molar refractivity (Wildman–Crippen MR) is 128 cm³/mol. The van der Waals surface area contributed by atoms with Gasteiger partial charge in [-0.2, -0.15) is 0 Å². The molecule has 0 aliphatic heterocycles. The zero-order valence-electron chi connectivity index (χ0n) is 19.4. The van der Waals surface area contributed by atoms with Gasteiger partial charge < -0.3 is 4.90 Å². The van der Waals surface area contributed by atoms with Crippen LogP contribution in [0.15, 0.2) is 60.0 Å². The van der Waals surface area contributed by atoms with E-state index in [9.17, 15) is 22.4 Å². The molecule has 0 aliphatic carbocycles. The zero-order valence-corrected chi connectivity index (χ0v) is 20.2. The highest BCUT2D eigenvalue weighted by atomic mass is 32.2. The van der Waals surface area contributed by atoms with Crippen molar-refractivity contribution in [3.8, 4) is 0 Å². The highest BCUT2D eigenvalue weighted by Crippen LogP contribution is 2.20. The first kappa shape index (κ1) is 26.3. The maximum absolute atomic E-state index is 13.4. The first-order chi connectivity index (χ1) is 15.5. The average molecular weight is 475 g/mol. The van der Waals surface area contributed by atoms with Gasteiger partial charge in [0.05, 0.1) is 5.41 Å². The minimum absolute atomic E-state index is 0.0212. The number of rotatable bonds is 10. The Hall–Kier alpha value is -3.00. The fraction of sp³-hybridized carbons (Fsp3) is 0.360. The van der Waals surface area contributed by atoms with Gasteiger partial charge in [0.15, 0.2) is 0 Å². The third-order valence-corrected chi connectivity index (χ3v) is 5.96. The fourth-order valence-corrected chi connectivity index (χ4v) is 4.10. The van der Waals surface area contributed by atoms with Crippen LogP contribution in [0.2, 0.25) is 0 Å². The van der Waals surface area contributed by atoms with E-state index in [1.165, 1.54) is 23.1 Å². The minimum atomic E-state index is -4.10. The lowest BCUT2D eigenvalue weighted by atomic mass is 9.94. The van der Waals surface area contributed by atoms with Crippen molar-refractivity contribution < 1.29 is 22.4 Å². The van der Waals surface area contributed by atoms with E-state index in [-0.39, 0.29) is 30.7 Å². The van der Waals surface area contributed by atoms with Crippen LogP contribution >= 0.6 is 0 Å². The lowest BCUT2D eigenvalue weighted by Gasteiger charge is -2.31. The van der Waals surface area contributed by atoms with Crippen molar-refractivity contribution in [3.63, 3.8) is 0 Å². The molecule has 2 aromatic rings. The molecule has 0 saturated carbocycles. The Kier molecular flexibility index (Phi) is 9.34. The Morgan fingerprint density at radius 2 is 1.61 bits per heavy atom. The van der Waals surface area contributed by atoms with E-state index in [1.807, 2.05) is 38.5 Å². The van der Waals surface area contributed by atoms with Crippen molar-refractivity contribution in [1.82, 2.24) is 9.62 Å². The molecule has 0 fully saturated rings. The van der Waals surface area contributed by atoms with Crippen molar-refractivity contribution in [2.24, 2.45) is 11.8 Å². The maximum atomic E-state index is 13.4. The molecule has 8 heteroatoms. The Morgan fingerprint density at radius 3 is 2.15 bits per heavy atom. The number of halogens is 1. The molecule has 2 amide bonds. The van der Waals surface area contributed by atoms with Crippen LogP contribution < -0.4 is 4.72 Å². The van der Waals surface area contributed by atoms with Gasteiger partial charge in [-0.05, 0) is 55.5 Å². The van der Waals surface area contributed by atoms with Gasteiger partial charge in [-0.25, -0.2) is 17.5 Å². The van der Waals surface area contributed by atoms with Crippen molar-refractivity contribution >= 4 is 27.9 Å². The Bertz CT molecular complexity index is 1070. The molecule has 0 aromatic heterocycles. The van der Waals surface area contributed by atoms with Crippen molar-refractivity contribution in [2.45, 2.75) is 46.7 Å². The van der Waals surface area contributed by atoms with Crippen LogP contribution in [-0.4, -0.2) is 31.2 Å². The van der Waals surface area contributed by atoms with Gasteiger partial charge in [0, 0.05) is 12.6 Å². The molecule has 0 spiro atoms. The van der Waals surface area contributed by atoms with Gasteiger partial charge in [-0.15, -0.1) is 0 Å². The van der Waals surface area contributed by atoms with E-state index < -0.39 is 27.8 Å². The van der Waals surface area contributed by atoms with E-state index in [1.54, 1.807) is 36.4 Å². The number of benzene rings is 2. The molecule has 6 nitrogen and oxygen atoms in total. The molecule has 0 saturated heterocycles. The van der Waals surface area contributed by atoms with Gasteiger partial charge >= 0.3 is 0 Å². The van der Waals surface area contributed by atoms with Crippen molar-refractivity contribution in [3.05, 3.63) is 76.9 Å². The first-order valence-electron chi connectivity index (χ1n) is 10.8. The van der Waals surface area contributed by atoms with Crippen LogP contribution in [0.1, 0.15) is 45.2 Å². The van der Waals surface area contributed by atoms with Crippen LogP contribution in [0.3, 0.4) is 0 Å². The molecule has 178 valence electrons. The molecular formula is C25H31FN2O4S. The largest absolute Gasteiger partial charge is 0.335 e. The lowest BCUT2D eigenvalue weighted by molar-refractivity contribution is -0.144. The van der Waals surface area contributed by atoms with Gasteiger partial charge in [-0.1, -0.05) is 56.3 Å². The number of carbonyl (C=O) groups is 2. The van der Waals surface area contributed by atoms with Crippen LogP contribution in [0.5, 0.6) is 0 Å². The number of sulfonamides is 1. The molecule has 2 aromatic carbocycles. The summed E-state index contributed by atoms with van der Waals surface area (Å²) in [5.74, 6) is -2.91.